The summed E-state index contributed by atoms with van der Waals surface area (Å²) in [5.41, 5.74) is 0.275. The van der Waals surface area contributed by atoms with Crippen LogP contribution in [0.3, 0.4) is 0 Å². The number of likely N-dealkylation sites (N-methyl/N-ethyl adjacent to an activating group) is 1. The Morgan fingerprint density at radius 3 is 2.62 bits per heavy atom. The van der Waals surface area contributed by atoms with Crippen molar-refractivity contribution in [3.8, 4) is 0 Å². The van der Waals surface area contributed by atoms with Crippen molar-refractivity contribution in [1.82, 2.24) is 14.9 Å². The van der Waals surface area contributed by atoms with E-state index >= 15 is 0 Å². The molecule has 0 saturated heterocycles. The largest absolute Gasteiger partial charge is 0.363 e. The van der Waals surface area contributed by atoms with E-state index in [1.165, 1.54) is 0 Å². The molecule has 1 atom stereocenters. The third-order valence-corrected chi connectivity index (χ3v) is 3.56. The molecule has 1 rings (SSSR count). The molecule has 0 fully saturated rings. The zero-order valence-electron chi connectivity index (χ0n) is 13.3. The van der Waals surface area contributed by atoms with Crippen LogP contribution >= 0.6 is 0 Å². The molecule has 21 heavy (non-hydrogen) atoms. The molecule has 1 heterocycles. The molecule has 0 amide bonds. The topological polar surface area (TPSA) is 96.2 Å². The minimum absolute atomic E-state index is 0.0693. The van der Waals surface area contributed by atoms with Crippen LogP contribution in [0.5, 0.6) is 0 Å². The van der Waals surface area contributed by atoms with Crippen molar-refractivity contribution < 1.29 is 4.92 Å². The number of aromatic nitrogens is 2. The molecule has 8 heteroatoms. The Balaban J connectivity index is 2.82. The van der Waals surface area contributed by atoms with Gasteiger partial charge in [0.15, 0.2) is 0 Å². The van der Waals surface area contributed by atoms with Crippen LogP contribution < -0.4 is 10.6 Å². The molecule has 0 saturated carbocycles. The highest BCUT2D eigenvalue weighted by molar-refractivity contribution is 5.60. The predicted molar refractivity (Wildman–Crippen MR) is 83.8 cm³/mol. The minimum atomic E-state index is -0.449. The van der Waals surface area contributed by atoms with E-state index in [1.54, 1.807) is 14.0 Å². The van der Waals surface area contributed by atoms with Crippen molar-refractivity contribution in [1.29, 1.82) is 0 Å². The van der Waals surface area contributed by atoms with Gasteiger partial charge in [-0.15, -0.1) is 0 Å². The average molecular weight is 296 g/mol. The van der Waals surface area contributed by atoms with Gasteiger partial charge >= 0.3 is 5.69 Å². The third-order valence-electron chi connectivity index (χ3n) is 3.56. The first-order chi connectivity index (χ1) is 9.90. The van der Waals surface area contributed by atoms with Crippen molar-refractivity contribution in [2.75, 3.05) is 37.8 Å². The SMILES string of the molecule is CCC(C)N(C)CCNc1nc(NC)nc(C)c1[N+](=O)[O-]. The molecule has 1 aromatic rings. The Bertz CT molecular complexity index is 494. The molecular formula is C13H24N6O2. The molecule has 1 unspecified atom stereocenters. The Labute approximate surface area is 125 Å². The smallest absolute Gasteiger partial charge is 0.332 e. The Hall–Kier alpha value is -1.96. The highest BCUT2D eigenvalue weighted by atomic mass is 16.6. The second-order valence-corrected chi connectivity index (χ2v) is 5.00. The van der Waals surface area contributed by atoms with E-state index in [0.29, 0.717) is 24.2 Å². The summed E-state index contributed by atoms with van der Waals surface area (Å²) in [4.78, 5) is 21.1. The molecule has 1 aromatic heterocycles. The van der Waals surface area contributed by atoms with Gasteiger partial charge in [0.1, 0.15) is 5.69 Å². The molecule has 0 spiro atoms. The van der Waals surface area contributed by atoms with Gasteiger partial charge in [0, 0.05) is 26.2 Å². The first-order valence-electron chi connectivity index (χ1n) is 7.05. The molecule has 0 radical (unpaired) electrons. The lowest BCUT2D eigenvalue weighted by Crippen LogP contribution is -2.33. The molecule has 0 aliphatic heterocycles. The fourth-order valence-electron chi connectivity index (χ4n) is 1.90. The van der Waals surface area contributed by atoms with Gasteiger partial charge in [-0.25, -0.2) is 4.98 Å². The van der Waals surface area contributed by atoms with Crippen molar-refractivity contribution in [3.05, 3.63) is 15.8 Å². The number of aryl methyl sites for hydroxylation is 1. The number of nitrogens with one attached hydrogen (secondary N) is 2. The van der Waals surface area contributed by atoms with Gasteiger partial charge in [-0.3, -0.25) is 10.1 Å². The number of nitro groups is 1. The minimum Gasteiger partial charge on any atom is -0.363 e. The van der Waals surface area contributed by atoms with E-state index in [4.69, 9.17) is 0 Å². The van der Waals surface area contributed by atoms with E-state index < -0.39 is 4.92 Å². The first-order valence-corrected chi connectivity index (χ1v) is 7.05. The summed E-state index contributed by atoms with van der Waals surface area (Å²) in [5, 5.41) is 17.0. The van der Waals surface area contributed by atoms with Gasteiger partial charge < -0.3 is 15.5 Å². The van der Waals surface area contributed by atoms with Crippen LogP contribution in [-0.4, -0.2) is 53.0 Å². The summed E-state index contributed by atoms with van der Waals surface area (Å²) in [7, 11) is 3.72. The quantitative estimate of drug-likeness (QED) is 0.558. The summed E-state index contributed by atoms with van der Waals surface area (Å²) in [6.07, 6.45) is 1.06. The summed E-state index contributed by atoms with van der Waals surface area (Å²) >= 11 is 0. The van der Waals surface area contributed by atoms with Crippen molar-refractivity contribution in [2.45, 2.75) is 33.2 Å². The summed E-state index contributed by atoms with van der Waals surface area (Å²) in [5.74, 6) is 0.630. The zero-order chi connectivity index (χ0) is 16.0. The van der Waals surface area contributed by atoms with E-state index in [1.807, 2.05) is 7.05 Å². The molecule has 0 aliphatic carbocycles. The standard InChI is InChI=1S/C13H24N6O2/c1-6-9(2)18(5)8-7-15-12-11(19(20)21)10(3)16-13(14-4)17-12/h9H,6-8H2,1-5H3,(H2,14,15,16,17). The fourth-order valence-corrected chi connectivity index (χ4v) is 1.90. The lowest BCUT2D eigenvalue weighted by atomic mass is 10.2. The maximum atomic E-state index is 11.1. The second kappa shape index (κ2) is 7.72. The molecule has 8 nitrogen and oxygen atoms in total. The average Bonchev–Trinajstić information content (AvgIpc) is 2.44. The molecular weight excluding hydrogens is 272 g/mol. The van der Waals surface area contributed by atoms with E-state index in [2.05, 4.69) is 39.3 Å². The zero-order valence-corrected chi connectivity index (χ0v) is 13.3. The number of nitrogens with zero attached hydrogens (tertiary/aromatic N) is 4. The van der Waals surface area contributed by atoms with E-state index in [-0.39, 0.29) is 11.5 Å². The Kier molecular flexibility index (Phi) is 6.29. The number of hydrogen-bond donors (Lipinski definition) is 2. The molecule has 0 aromatic carbocycles. The van der Waals surface area contributed by atoms with Gasteiger partial charge in [0.25, 0.3) is 0 Å². The molecule has 2 N–H and O–H groups in total. The normalized spacial score (nSPS) is 12.3. The van der Waals surface area contributed by atoms with Crippen LogP contribution in [0.25, 0.3) is 0 Å². The van der Waals surface area contributed by atoms with Gasteiger partial charge in [-0.2, -0.15) is 4.98 Å². The maximum absolute atomic E-state index is 11.1. The van der Waals surface area contributed by atoms with Crippen LogP contribution in [0.1, 0.15) is 26.0 Å². The monoisotopic (exact) mass is 296 g/mol. The van der Waals surface area contributed by atoms with Crippen LogP contribution in [0.2, 0.25) is 0 Å². The second-order valence-electron chi connectivity index (χ2n) is 5.00. The van der Waals surface area contributed by atoms with Crippen LogP contribution in [0, 0.1) is 17.0 Å². The van der Waals surface area contributed by atoms with Gasteiger partial charge in [0.2, 0.25) is 11.8 Å². The number of hydrogen-bond acceptors (Lipinski definition) is 7. The summed E-state index contributed by atoms with van der Waals surface area (Å²) in [6, 6.07) is 0.474. The highest BCUT2D eigenvalue weighted by Gasteiger charge is 2.21. The molecule has 118 valence electrons. The van der Waals surface area contributed by atoms with Crippen LogP contribution in [-0.2, 0) is 0 Å². The fraction of sp³-hybridized carbons (Fsp3) is 0.692. The summed E-state index contributed by atoms with van der Waals surface area (Å²) < 4.78 is 0. The predicted octanol–water partition coefficient (Wildman–Crippen LogP) is 1.88. The van der Waals surface area contributed by atoms with Crippen molar-refractivity contribution in [3.63, 3.8) is 0 Å². The lowest BCUT2D eigenvalue weighted by molar-refractivity contribution is -0.385. The van der Waals surface area contributed by atoms with E-state index in [0.717, 1.165) is 13.0 Å². The first kappa shape index (κ1) is 17.1. The maximum Gasteiger partial charge on any atom is 0.332 e. The van der Waals surface area contributed by atoms with Gasteiger partial charge in [-0.05, 0) is 27.3 Å². The molecule has 0 aliphatic rings. The number of rotatable bonds is 8. The summed E-state index contributed by atoms with van der Waals surface area (Å²) in [6.45, 7) is 7.26. The van der Waals surface area contributed by atoms with E-state index in [9.17, 15) is 10.1 Å². The van der Waals surface area contributed by atoms with Crippen molar-refractivity contribution in [2.24, 2.45) is 0 Å². The lowest BCUT2D eigenvalue weighted by Gasteiger charge is -2.23. The Morgan fingerprint density at radius 2 is 2.10 bits per heavy atom. The molecule has 0 bridgehead atoms. The van der Waals surface area contributed by atoms with Gasteiger partial charge in [-0.1, -0.05) is 6.92 Å². The number of anilines is 2. The Morgan fingerprint density at radius 1 is 1.43 bits per heavy atom. The third kappa shape index (κ3) is 4.52. The van der Waals surface area contributed by atoms with Gasteiger partial charge in [0.05, 0.1) is 4.92 Å². The van der Waals surface area contributed by atoms with Crippen molar-refractivity contribution >= 4 is 17.5 Å². The van der Waals surface area contributed by atoms with Crippen LogP contribution in [0.15, 0.2) is 0 Å². The van der Waals surface area contributed by atoms with Crippen LogP contribution in [0.4, 0.5) is 17.5 Å². The highest BCUT2D eigenvalue weighted by Crippen LogP contribution is 2.26.